The van der Waals surface area contributed by atoms with Crippen molar-refractivity contribution in [2.24, 2.45) is 4.99 Å². The van der Waals surface area contributed by atoms with Crippen LogP contribution in [0.1, 0.15) is 36.6 Å². The van der Waals surface area contributed by atoms with E-state index < -0.39 is 0 Å². The molecule has 0 aromatic heterocycles. The number of rotatable bonds is 6. The Labute approximate surface area is 185 Å². The van der Waals surface area contributed by atoms with Crippen molar-refractivity contribution in [3.8, 4) is 11.8 Å². The fourth-order valence-electron chi connectivity index (χ4n) is 3.49. The predicted molar refractivity (Wildman–Crippen MR) is 120 cm³/mol. The smallest absolute Gasteiger partial charge is 0.338 e. The molecule has 4 rings (SSSR count). The second-order valence-corrected chi connectivity index (χ2v) is 7.87. The number of thioether (sulfide) groups is 1. The molecule has 0 spiro atoms. The van der Waals surface area contributed by atoms with Crippen LogP contribution in [-0.4, -0.2) is 22.6 Å². The lowest BCUT2D eigenvalue weighted by Gasteiger charge is -2.33. The number of carbonyl (C=O) groups is 1. The molecule has 0 unspecified atom stereocenters. The first-order valence-corrected chi connectivity index (χ1v) is 10.8. The molecular weight excluding hydrogens is 410 g/mol. The van der Waals surface area contributed by atoms with Crippen molar-refractivity contribution < 1.29 is 14.3 Å². The topological polar surface area (TPSA) is 74.9 Å². The molecule has 156 valence electrons. The highest BCUT2D eigenvalue weighted by molar-refractivity contribution is 8.16. The van der Waals surface area contributed by atoms with E-state index in [1.165, 1.54) is 11.8 Å². The summed E-state index contributed by atoms with van der Waals surface area (Å²) in [4.78, 5) is 19.3. The van der Waals surface area contributed by atoms with Gasteiger partial charge in [0.15, 0.2) is 5.17 Å². The molecule has 2 heterocycles. The van der Waals surface area contributed by atoms with Gasteiger partial charge < -0.3 is 14.4 Å². The van der Waals surface area contributed by atoms with Crippen LogP contribution in [0.5, 0.6) is 5.75 Å². The van der Waals surface area contributed by atoms with Gasteiger partial charge in [-0.1, -0.05) is 36.0 Å². The van der Waals surface area contributed by atoms with E-state index in [0.717, 1.165) is 22.0 Å². The van der Waals surface area contributed by atoms with Crippen molar-refractivity contribution >= 4 is 22.9 Å². The van der Waals surface area contributed by atoms with Gasteiger partial charge in [-0.2, -0.15) is 5.26 Å². The Balaban J connectivity index is 1.54. The SMILES string of the molecule is CCOC(=O)C1=C(C)N=C2SC=CN2[C@@H]1c1ccc(OCc2ccc(C#N)cc2)cc1. The summed E-state index contributed by atoms with van der Waals surface area (Å²) in [6, 6.07) is 16.8. The van der Waals surface area contributed by atoms with Gasteiger partial charge in [-0.15, -0.1) is 0 Å². The number of aliphatic imine (C=N–C) groups is 1. The number of amidine groups is 1. The van der Waals surface area contributed by atoms with Gasteiger partial charge in [0.05, 0.1) is 35.6 Å². The van der Waals surface area contributed by atoms with Crippen LogP contribution in [0.2, 0.25) is 0 Å². The van der Waals surface area contributed by atoms with E-state index in [1.54, 1.807) is 19.1 Å². The normalized spacial score (nSPS) is 17.1. The highest BCUT2D eigenvalue weighted by Crippen LogP contribution is 2.41. The minimum atomic E-state index is -0.348. The molecule has 2 aromatic rings. The van der Waals surface area contributed by atoms with Gasteiger partial charge in [0.2, 0.25) is 0 Å². The Bertz CT molecular complexity index is 1110. The van der Waals surface area contributed by atoms with E-state index >= 15 is 0 Å². The number of nitriles is 1. The van der Waals surface area contributed by atoms with Crippen molar-refractivity contribution in [3.05, 3.63) is 88.1 Å². The number of nitrogens with zero attached hydrogens (tertiary/aromatic N) is 3. The Morgan fingerprint density at radius 1 is 1.19 bits per heavy atom. The van der Waals surface area contributed by atoms with Crippen LogP contribution in [0.25, 0.3) is 0 Å². The van der Waals surface area contributed by atoms with Gasteiger partial charge >= 0.3 is 5.97 Å². The number of fused-ring (bicyclic) bond motifs is 1. The standard InChI is InChI=1S/C24H21N3O3S/c1-3-29-23(28)21-16(2)26-24-27(12-13-31-24)22(21)19-8-10-20(11-9-19)30-15-18-6-4-17(14-25)5-7-18/h4-13,22H,3,15H2,1-2H3/t22-/m1/s1. The first-order chi connectivity index (χ1) is 15.1. The fourth-order valence-corrected chi connectivity index (χ4v) is 4.28. The lowest BCUT2D eigenvalue weighted by Crippen LogP contribution is -2.34. The molecule has 0 saturated heterocycles. The summed E-state index contributed by atoms with van der Waals surface area (Å²) in [5.74, 6) is 0.377. The number of esters is 1. The number of hydrogen-bond acceptors (Lipinski definition) is 7. The summed E-state index contributed by atoms with van der Waals surface area (Å²) < 4.78 is 11.2. The first-order valence-electron chi connectivity index (χ1n) is 9.90. The number of carbonyl (C=O) groups excluding carboxylic acids is 1. The molecule has 31 heavy (non-hydrogen) atoms. The van der Waals surface area contributed by atoms with Gasteiger partial charge in [0, 0.05) is 6.20 Å². The summed E-state index contributed by atoms with van der Waals surface area (Å²) in [7, 11) is 0. The van der Waals surface area contributed by atoms with Crippen LogP contribution in [0.3, 0.4) is 0 Å². The highest BCUT2D eigenvalue weighted by atomic mass is 32.2. The molecule has 0 aliphatic carbocycles. The summed E-state index contributed by atoms with van der Waals surface area (Å²) in [5.41, 5.74) is 3.78. The zero-order valence-electron chi connectivity index (χ0n) is 17.2. The monoisotopic (exact) mass is 431 g/mol. The Morgan fingerprint density at radius 2 is 1.94 bits per heavy atom. The summed E-state index contributed by atoms with van der Waals surface area (Å²) in [6.45, 7) is 4.36. The minimum absolute atomic E-state index is 0.301. The van der Waals surface area contributed by atoms with Crippen LogP contribution in [0, 0.1) is 11.3 Å². The number of hydrogen-bond donors (Lipinski definition) is 0. The molecule has 7 heteroatoms. The summed E-state index contributed by atoms with van der Waals surface area (Å²) >= 11 is 1.53. The second kappa shape index (κ2) is 9.11. The third-order valence-electron chi connectivity index (χ3n) is 5.00. The van der Waals surface area contributed by atoms with Crippen LogP contribution in [-0.2, 0) is 16.1 Å². The Hall–Kier alpha value is -3.50. The van der Waals surface area contributed by atoms with Crippen LogP contribution in [0.4, 0.5) is 0 Å². The van der Waals surface area contributed by atoms with Gasteiger partial charge in [-0.05, 0) is 54.6 Å². The lowest BCUT2D eigenvalue weighted by atomic mass is 9.95. The van der Waals surface area contributed by atoms with Crippen LogP contribution < -0.4 is 4.74 Å². The van der Waals surface area contributed by atoms with E-state index in [1.807, 2.05) is 59.8 Å². The van der Waals surface area contributed by atoms with Crippen molar-refractivity contribution in [2.45, 2.75) is 26.5 Å². The van der Waals surface area contributed by atoms with Gasteiger partial charge in [0.25, 0.3) is 0 Å². The van der Waals surface area contributed by atoms with Gasteiger partial charge in [0.1, 0.15) is 12.4 Å². The number of benzene rings is 2. The third-order valence-corrected chi connectivity index (χ3v) is 5.77. The Kier molecular flexibility index (Phi) is 6.10. The molecule has 2 aliphatic rings. The number of ether oxygens (including phenoxy) is 2. The third kappa shape index (κ3) is 4.35. The molecule has 0 saturated carbocycles. The summed E-state index contributed by atoms with van der Waals surface area (Å²) in [5, 5.41) is 11.7. The van der Waals surface area contributed by atoms with E-state index in [9.17, 15) is 4.79 Å². The largest absolute Gasteiger partial charge is 0.489 e. The maximum Gasteiger partial charge on any atom is 0.338 e. The average Bonchev–Trinajstić information content (AvgIpc) is 3.25. The number of allylic oxidation sites excluding steroid dienone is 1. The maximum absolute atomic E-state index is 12.7. The first kappa shape index (κ1) is 20.8. The van der Waals surface area contributed by atoms with Crippen LogP contribution >= 0.6 is 11.8 Å². The molecule has 6 nitrogen and oxygen atoms in total. The van der Waals surface area contributed by atoms with E-state index in [4.69, 9.17) is 14.7 Å². The van der Waals surface area contributed by atoms with Crippen LogP contribution in [0.15, 0.2) is 76.4 Å². The molecule has 0 bridgehead atoms. The second-order valence-electron chi connectivity index (χ2n) is 6.99. The van der Waals surface area contributed by atoms with Crippen molar-refractivity contribution in [2.75, 3.05) is 6.61 Å². The van der Waals surface area contributed by atoms with E-state index in [0.29, 0.717) is 30.0 Å². The molecule has 0 amide bonds. The quantitative estimate of drug-likeness (QED) is 0.605. The van der Waals surface area contributed by atoms with Gasteiger partial charge in [-0.3, -0.25) is 0 Å². The lowest BCUT2D eigenvalue weighted by molar-refractivity contribution is -0.139. The average molecular weight is 432 g/mol. The maximum atomic E-state index is 12.7. The zero-order valence-corrected chi connectivity index (χ0v) is 18.1. The minimum Gasteiger partial charge on any atom is -0.489 e. The molecular formula is C24H21N3O3S. The van der Waals surface area contributed by atoms with Crippen molar-refractivity contribution in [1.82, 2.24) is 4.90 Å². The highest BCUT2D eigenvalue weighted by Gasteiger charge is 2.37. The molecule has 0 fully saturated rings. The van der Waals surface area contributed by atoms with E-state index in [-0.39, 0.29) is 12.0 Å². The predicted octanol–water partition coefficient (Wildman–Crippen LogP) is 4.91. The zero-order chi connectivity index (χ0) is 21.8. The van der Waals surface area contributed by atoms with Crippen molar-refractivity contribution in [3.63, 3.8) is 0 Å². The molecule has 0 radical (unpaired) electrons. The molecule has 0 N–H and O–H groups in total. The fraction of sp³-hybridized carbons (Fsp3) is 0.208. The van der Waals surface area contributed by atoms with Gasteiger partial charge in [-0.25, -0.2) is 9.79 Å². The molecule has 2 aromatic carbocycles. The molecule has 1 atom stereocenters. The van der Waals surface area contributed by atoms with E-state index in [2.05, 4.69) is 11.1 Å². The Morgan fingerprint density at radius 3 is 2.61 bits per heavy atom. The molecule has 2 aliphatic heterocycles. The summed E-state index contributed by atoms with van der Waals surface area (Å²) in [6.07, 6.45) is 1.94. The van der Waals surface area contributed by atoms with Crippen molar-refractivity contribution in [1.29, 1.82) is 5.26 Å².